The molecule has 0 radical (unpaired) electrons. The molecule has 0 bridgehead atoms. The number of anilines is 2. The molecule has 23 heavy (non-hydrogen) atoms. The summed E-state index contributed by atoms with van der Waals surface area (Å²) in [5, 5.41) is 0. The maximum Gasteiger partial charge on any atom is 0.124 e. The zero-order valence-corrected chi connectivity index (χ0v) is 15.8. The van der Waals surface area contributed by atoms with Gasteiger partial charge in [0.2, 0.25) is 0 Å². The summed E-state index contributed by atoms with van der Waals surface area (Å²) >= 11 is 3.42. The van der Waals surface area contributed by atoms with Gasteiger partial charge >= 0.3 is 0 Å². The third-order valence-corrected chi connectivity index (χ3v) is 4.94. The Balaban J connectivity index is 1.91. The molecule has 2 heterocycles. The summed E-state index contributed by atoms with van der Waals surface area (Å²) in [5.41, 5.74) is 3.63. The molecule has 0 saturated carbocycles. The molecule has 0 aliphatic carbocycles. The number of benzene rings is 1. The largest absolute Gasteiger partial charge is 0.376 e. The second-order valence-corrected chi connectivity index (χ2v) is 7.34. The molecule has 1 aromatic carbocycles. The molecule has 2 aromatic rings. The number of likely N-dealkylation sites (N-methyl/N-ethyl adjacent to an activating group) is 1. The van der Waals surface area contributed by atoms with E-state index in [1.165, 1.54) is 17.8 Å². The van der Waals surface area contributed by atoms with Gasteiger partial charge in [0.25, 0.3) is 0 Å². The first kappa shape index (κ1) is 16.3. The van der Waals surface area contributed by atoms with Crippen molar-refractivity contribution >= 4 is 27.3 Å². The molecule has 124 valence electrons. The summed E-state index contributed by atoms with van der Waals surface area (Å²) in [6.07, 6.45) is 5.05. The summed E-state index contributed by atoms with van der Waals surface area (Å²) in [6, 6.07) is 7.32. The highest BCUT2D eigenvalue weighted by Crippen LogP contribution is 2.31. The highest BCUT2D eigenvalue weighted by molar-refractivity contribution is 9.10. The highest BCUT2D eigenvalue weighted by Gasteiger charge is 2.24. The van der Waals surface area contributed by atoms with Gasteiger partial charge in [-0.05, 0) is 54.6 Å². The number of hydrogen-bond acceptors (Lipinski definition) is 4. The second-order valence-electron chi connectivity index (χ2n) is 6.52. The lowest BCUT2D eigenvalue weighted by Crippen LogP contribution is -2.31. The molecule has 0 amide bonds. The van der Waals surface area contributed by atoms with Crippen molar-refractivity contribution in [1.29, 1.82) is 0 Å². The number of imidazole rings is 1. The van der Waals surface area contributed by atoms with E-state index in [-0.39, 0.29) is 0 Å². The first-order valence-corrected chi connectivity index (χ1v) is 8.67. The van der Waals surface area contributed by atoms with Gasteiger partial charge in [0.1, 0.15) is 10.9 Å². The van der Waals surface area contributed by atoms with Crippen LogP contribution in [0.3, 0.4) is 0 Å². The van der Waals surface area contributed by atoms with Gasteiger partial charge in [-0.1, -0.05) is 0 Å². The minimum absolute atomic E-state index is 0.641. The van der Waals surface area contributed by atoms with Crippen LogP contribution >= 0.6 is 15.9 Å². The molecule has 5 nitrogen and oxygen atoms in total. The number of halogens is 1. The first-order valence-electron chi connectivity index (χ1n) is 7.88. The van der Waals surface area contributed by atoms with Gasteiger partial charge < -0.3 is 19.3 Å². The van der Waals surface area contributed by atoms with Crippen molar-refractivity contribution in [2.45, 2.75) is 12.5 Å². The van der Waals surface area contributed by atoms with E-state index >= 15 is 0 Å². The number of nitrogens with zero attached hydrogens (tertiary/aromatic N) is 5. The summed E-state index contributed by atoms with van der Waals surface area (Å²) in [4.78, 5) is 11.2. The topological polar surface area (TPSA) is 27.5 Å². The van der Waals surface area contributed by atoms with E-state index in [0.29, 0.717) is 6.04 Å². The molecule has 1 fully saturated rings. The van der Waals surface area contributed by atoms with Crippen LogP contribution in [0.1, 0.15) is 6.42 Å². The van der Waals surface area contributed by atoms with E-state index in [0.717, 1.165) is 23.4 Å². The fourth-order valence-corrected chi connectivity index (χ4v) is 3.43. The molecule has 1 aliphatic heterocycles. The Bertz CT molecular complexity index is 679. The van der Waals surface area contributed by atoms with Crippen molar-refractivity contribution in [3.63, 3.8) is 0 Å². The molecule has 1 atom stereocenters. The van der Waals surface area contributed by atoms with E-state index in [9.17, 15) is 0 Å². The Morgan fingerprint density at radius 2 is 2.00 bits per heavy atom. The maximum atomic E-state index is 4.27. The van der Waals surface area contributed by atoms with Crippen molar-refractivity contribution in [1.82, 2.24) is 14.5 Å². The molecular formula is C17H24BrN5. The van der Waals surface area contributed by atoms with Crippen LogP contribution in [-0.4, -0.2) is 61.8 Å². The van der Waals surface area contributed by atoms with E-state index in [1.54, 1.807) is 0 Å². The molecule has 1 aliphatic rings. The lowest BCUT2D eigenvalue weighted by atomic mass is 10.2. The van der Waals surface area contributed by atoms with Gasteiger partial charge in [0, 0.05) is 45.1 Å². The Morgan fingerprint density at radius 1 is 1.22 bits per heavy atom. The summed E-state index contributed by atoms with van der Waals surface area (Å²) in [6.45, 7) is 2.21. The van der Waals surface area contributed by atoms with Gasteiger partial charge in [-0.25, -0.2) is 4.98 Å². The fourth-order valence-electron chi connectivity index (χ4n) is 3.11. The third kappa shape index (κ3) is 3.38. The molecule has 0 spiro atoms. The number of aromatic nitrogens is 2. The van der Waals surface area contributed by atoms with Crippen LogP contribution in [0.15, 0.2) is 35.3 Å². The first-order chi connectivity index (χ1) is 11.0. The minimum Gasteiger partial charge on any atom is -0.376 e. The zero-order valence-electron chi connectivity index (χ0n) is 14.2. The fraction of sp³-hybridized carbons (Fsp3) is 0.471. The Kier molecular flexibility index (Phi) is 4.64. The summed E-state index contributed by atoms with van der Waals surface area (Å²) in [7, 11) is 8.50. The minimum atomic E-state index is 0.641. The molecule has 1 saturated heterocycles. The van der Waals surface area contributed by atoms with E-state index < -0.39 is 0 Å². The number of rotatable bonds is 4. The lowest BCUT2D eigenvalue weighted by molar-refractivity contribution is 0.315. The molecule has 3 rings (SSSR count). The quantitative estimate of drug-likeness (QED) is 0.818. The molecule has 0 unspecified atom stereocenters. The smallest absolute Gasteiger partial charge is 0.124 e. The van der Waals surface area contributed by atoms with Gasteiger partial charge in [-0.3, -0.25) is 0 Å². The Labute approximate surface area is 146 Å². The predicted molar refractivity (Wildman–Crippen MR) is 99.9 cm³/mol. The SMILES string of the molecule is CN(C)c1cc(N2CC[C@@H](N(C)C)C2)ccc1-n1cnc(Br)c1. The Hall–Kier alpha value is -1.53. The molecular weight excluding hydrogens is 354 g/mol. The van der Waals surface area contributed by atoms with Crippen LogP contribution in [0.2, 0.25) is 0 Å². The van der Waals surface area contributed by atoms with Crippen molar-refractivity contribution < 1.29 is 0 Å². The standard InChI is InChI=1S/C17H24BrN5/c1-20(2)14-7-8-22(10-14)13-5-6-15(16(9-13)21(3)4)23-11-17(18)19-12-23/h5-6,9,11-12,14H,7-8,10H2,1-4H3/t14-/m1/s1. The third-order valence-electron chi connectivity index (χ3n) is 4.53. The predicted octanol–water partition coefficient (Wildman–Crippen LogP) is 2.84. The van der Waals surface area contributed by atoms with Gasteiger partial charge in [0.05, 0.1) is 11.4 Å². The van der Waals surface area contributed by atoms with Crippen LogP contribution in [-0.2, 0) is 0 Å². The van der Waals surface area contributed by atoms with E-state index in [2.05, 4.69) is 86.6 Å². The van der Waals surface area contributed by atoms with Crippen LogP contribution in [0.4, 0.5) is 11.4 Å². The normalized spacial score (nSPS) is 18.0. The van der Waals surface area contributed by atoms with Crippen molar-refractivity contribution in [2.24, 2.45) is 0 Å². The Morgan fingerprint density at radius 3 is 2.57 bits per heavy atom. The average molecular weight is 378 g/mol. The maximum absolute atomic E-state index is 4.27. The van der Waals surface area contributed by atoms with Gasteiger partial charge in [0.15, 0.2) is 0 Å². The van der Waals surface area contributed by atoms with Crippen LogP contribution in [0.5, 0.6) is 0 Å². The van der Waals surface area contributed by atoms with Gasteiger partial charge in [-0.2, -0.15) is 0 Å². The second kappa shape index (κ2) is 6.53. The van der Waals surface area contributed by atoms with Crippen LogP contribution in [0.25, 0.3) is 5.69 Å². The van der Waals surface area contributed by atoms with Crippen molar-refractivity contribution in [3.05, 3.63) is 35.3 Å². The summed E-state index contributed by atoms with van der Waals surface area (Å²) in [5.74, 6) is 0. The molecule has 6 heteroatoms. The van der Waals surface area contributed by atoms with E-state index in [4.69, 9.17) is 0 Å². The number of hydrogen-bond donors (Lipinski definition) is 0. The van der Waals surface area contributed by atoms with E-state index in [1.807, 2.05) is 12.5 Å². The van der Waals surface area contributed by atoms with Crippen molar-refractivity contribution in [2.75, 3.05) is 51.1 Å². The van der Waals surface area contributed by atoms with Crippen LogP contribution < -0.4 is 9.80 Å². The highest BCUT2D eigenvalue weighted by atomic mass is 79.9. The average Bonchev–Trinajstić information content (AvgIpc) is 3.15. The molecule has 1 aromatic heterocycles. The zero-order chi connectivity index (χ0) is 16.6. The van der Waals surface area contributed by atoms with Crippen molar-refractivity contribution in [3.8, 4) is 5.69 Å². The lowest BCUT2D eigenvalue weighted by Gasteiger charge is -2.25. The molecule has 0 N–H and O–H groups in total. The monoisotopic (exact) mass is 377 g/mol. The van der Waals surface area contributed by atoms with Gasteiger partial charge in [-0.15, -0.1) is 0 Å². The summed E-state index contributed by atoms with van der Waals surface area (Å²) < 4.78 is 2.90. The van der Waals surface area contributed by atoms with Crippen LogP contribution in [0, 0.1) is 0 Å².